The van der Waals surface area contributed by atoms with Gasteiger partial charge in [-0.25, -0.2) is 13.2 Å². The van der Waals surface area contributed by atoms with Gasteiger partial charge in [0, 0.05) is 25.9 Å². The third-order valence-electron chi connectivity index (χ3n) is 9.17. The number of amides is 7. The third kappa shape index (κ3) is 18.1. The Hall–Kier alpha value is -5.73. The number of rotatable bonds is 24. The maximum atomic E-state index is 14.1. The molecular formula is C37H51N7O16S2. The molecule has 62 heavy (non-hydrogen) atoms. The summed E-state index contributed by atoms with van der Waals surface area (Å²) in [5.41, 5.74) is 6.53. The van der Waals surface area contributed by atoms with Crippen molar-refractivity contribution in [2.75, 3.05) is 19.7 Å². The van der Waals surface area contributed by atoms with Gasteiger partial charge in [0.05, 0.1) is 13.0 Å². The lowest BCUT2D eigenvalue weighted by Gasteiger charge is -2.31. The van der Waals surface area contributed by atoms with Crippen LogP contribution in [-0.2, 0) is 70.8 Å². The largest absolute Gasteiger partial charge is 0.481 e. The first kappa shape index (κ1) is 50.6. The molecule has 0 spiro atoms. The molecule has 0 unspecified atom stereocenters. The van der Waals surface area contributed by atoms with Gasteiger partial charge >= 0.3 is 32.8 Å². The van der Waals surface area contributed by atoms with Crippen molar-refractivity contribution in [3.8, 4) is 0 Å². The summed E-state index contributed by atoms with van der Waals surface area (Å²) in [5, 5.41) is 21.5. The molecule has 1 fully saturated rings. The summed E-state index contributed by atoms with van der Waals surface area (Å²) in [7, 11) is -10.3. The molecular weight excluding hydrogens is 863 g/mol. The Morgan fingerprint density at radius 3 is 1.79 bits per heavy atom. The number of urea groups is 1. The molecule has 25 heteroatoms. The van der Waals surface area contributed by atoms with E-state index in [1.165, 1.54) is 4.90 Å². The predicted octanol–water partition coefficient (Wildman–Crippen LogP) is -1.40. The van der Waals surface area contributed by atoms with Crippen LogP contribution in [0.5, 0.6) is 0 Å². The van der Waals surface area contributed by atoms with Gasteiger partial charge in [-0.15, -0.1) is 0 Å². The molecule has 0 aromatic heterocycles. The van der Waals surface area contributed by atoms with Crippen LogP contribution in [-0.4, -0.2) is 133 Å². The van der Waals surface area contributed by atoms with Crippen molar-refractivity contribution in [2.24, 2.45) is 11.7 Å². The van der Waals surface area contributed by atoms with E-state index in [-0.39, 0.29) is 38.1 Å². The highest BCUT2D eigenvalue weighted by molar-refractivity contribution is 7.81. The highest BCUT2D eigenvalue weighted by Crippen LogP contribution is 2.21. The van der Waals surface area contributed by atoms with Crippen LogP contribution in [0.1, 0.15) is 50.7 Å². The number of carboxylic acids is 1. The molecule has 0 saturated carbocycles. The second-order valence-corrected chi connectivity index (χ2v) is 16.8. The van der Waals surface area contributed by atoms with Crippen LogP contribution in [0.25, 0.3) is 0 Å². The minimum atomic E-state index is -5.19. The first-order valence-electron chi connectivity index (χ1n) is 19.1. The number of hydrogen-bond donors (Lipinski definition) is 9. The zero-order valence-electron chi connectivity index (χ0n) is 33.7. The fourth-order valence-corrected chi connectivity index (χ4v) is 7.19. The molecule has 7 amide bonds. The van der Waals surface area contributed by atoms with Crippen LogP contribution < -0.4 is 32.3 Å². The molecule has 1 aliphatic heterocycles. The minimum absolute atomic E-state index is 0.0425. The topological polar surface area (TPSA) is 356 Å². The summed E-state index contributed by atoms with van der Waals surface area (Å²) in [5.74, 6) is -5.95. The van der Waals surface area contributed by atoms with Crippen molar-refractivity contribution >= 4 is 62.3 Å². The Kier molecular flexibility index (Phi) is 19.2. The highest BCUT2D eigenvalue weighted by atomic mass is 32.3. The number of nitrogens with zero attached hydrogens (tertiary/aromatic N) is 1. The molecule has 0 radical (unpaired) electrons. The number of benzene rings is 2. The molecule has 2 aromatic rings. The lowest BCUT2D eigenvalue weighted by atomic mass is 10.0. The summed E-state index contributed by atoms with van der Waals surface area (Å²) in [6.45, 7) is 1.61. The fraction of sp³-hybridized carbons (Fsp3) is 0.486. The second kappa shape index (κ2) is 23.5. The molecule has 0 aliphatic carbocycles. The molecule has 3 rings (SSSR count). The molecule has 23 nitrogen and oxygen atoms in total. The zero-order valence-corrected chi connectivity index (χ0v) is 35.3. The van der Waals surface area contributed by atoms with Gasteiger partial charge in [-0.1, -0.05) is 74.5 Å². The van der Waals surface area contributed by atoms with Gasteiger partial charge in [-0.05, 0) is 36.3 Å². The van der Waals surface area contributed by atoms with Gasteiger partial charge in [0.2, 0.25) is 29.5 Å². The summed E-state index contributed by atoms with van der Waals surface area (Å²) in [6.07, 6.45) is -2.33. The summed E-state index contributed by atoms with van der Waals surface area (Å²) in [4.78, 5) is 93.3. The van der Waals surface area contributed by atoms with E-state index in [1.807, 2.05) is 0 Å². The molecule has 6 atom stereocenters. The number of carbonyl (C=O) groups is 7. The number of primary amides is 1. The molecule has 10 N–H and O–H groups in total. The standard InChI is InChI=1S/C37H51N7O16S2/c1-22(2)16-29(43-37(52)39-20-25(60-62(56,57)58)21-59-61(53,54)55)36(51)44-15-9-14-30(44)35(50)42-28(18-24-12-7-4-8-13-24)34(49)41-27(17-23-10-5-3-6-11-23)33(48)40-26(32(38)47)19-31(45)46/h3-8,10-13,22,25-30H,9,14-21H2,1-2H3,(H2,38,47)(H,40,48)(H,41,49)(H,42,50)(H,45,46)(H2,39,43,52)(H,53,54,55)(H,56,57,58)/t25-,26-,27-,28-,29-,30-/m0/s1. The summed E-state index contributed by atoms with van der Waals surface area (Å²) >= 11 is 0. The van der Waals surface area contributed by atoms with Crippen LogP contribution in [0.3, 0.4) is 0 Å². The third-order valence-corrected chi connectivity index (χ3v) is 10.1. The van der Waals surface area contributed by atoms with E-state index in [2.05, 4.69) is 35.0 Å². The highest BCUT2D eigenvalue weighted by Gasteiger charge is 2.40. The molecule has 1 saturated heterocycles. The summed E-state index contributed by atoms with van der Waals surface area (Å²) < 4.78 is 70.7. The number of hydrogen-bond acceptors (Lipinski definition) is 13. The monoisotopic (exact) mass is 913 g/mol. The maximum absolute atomic E-state index is 14.1. The maximum Gasteiger partial charge on any atom is 0.397 e. The van der Waals surface area contributed by atoms with Crippen molar-refractivity contribution in [2.45, 2.75) is 88.7 Å². The van der Waals surface area contributed by atoms with E-state index in [0.717, 1.165) is 0 Å². The van der Waals surface area contributed by atoms with Gasteiger partial charge in [-0.2, -0.15) is 16.8 Å². The Morgan fingerprint density at radius 2 is 1.31 bits per heavy atom. The Bertz CT molecular complexity index is 2110. The number of likely N-dealkylation sites (tertiary alicyclic amines) is 1. The normalized spacial score (nSPS) is 16.5. The minimum Gasteiger partial charge on any atom is -0.481 e. The van der Waals surface area contributed by atoms with Gasteiger partial charge in [0.25, 0.3) is 0 Å². The predicted molar refractivity (Wildman–Crippen MR) is 216 cm³/mol. The van der Waals surface area contributed by atoms with E-state index in [4.69, 9.17) is 14.8 Å². The van der Waals surface area contributed by atoms with Crippen LogP contribution in [0.4, 0.5) is 4.79 Å². The average molecular weight is 914 g/mol. The molecule has 1 aliphatic rings. The molecule has 0 bridgehead atoms. The fourth-order valence-electron chi connectivity index (χ4n) is 6.39. The summed E-state index contributed by atoms with van der Waals surface area (Å²) in [6, 6.07) is 9.15. The van der Waals surface area contributed by atoms with Gasteiger partial charge in [0.15, 0.2) is 0 Å². The van der Waals surface area contributed by atoms with Crippen molar-refractivity contribution in [3.05, 3.63) is 71.8 Å². The van der Waals surface area contributed by atoms with Crippen molar-refractivity contribution < 1.29 is 73.0 Å². The number of nitrogens with one attached hydrogen (secondary N) is 5. The van der Waals surface area contributed by atoms with Gasteiger partial charge in [0.1, 0.15) is 36.3 Å². The van der Waals surface area contributed by atoms with Gasteiger partial charge < -0.3 is 42.3 Å². The lowest BCUT2D eigenvalue weighted by Crippen LogP contribution is -2.60. The number of carbonyl (C=O) groups excluding carboxylic acids is 6. The van der Waals surface area contributed by atoms with Crippen LogP contribution >= 0.6 is 0 Å². The number of carboxylic acid groups (broad SMARTS) is 1. The Morgan fingerprint density at radius 1 is 0.774 bits per heavy atom. The SMILES string of the molecule is CC(C)C[C@H](NC(=O)NC[C@@H](COS(=O)(=O)O)OS(=O)(=O)O)C(=O)N1CCC[C@H]1C(=O)N[C@@H](Cc1ccccc1)C(=O)N[C@@H](Cc1ccccc1)C(=O)N[C@@H](CC(=O)O)C(N)=O. The zero-order chi connectivity index (χ0) is 46.2. The first-order valence-corrected chi connectivity index (χ1v) is 21.9. The van der Waals surface area contributed by atoms with E-state index in [0.29, 0.717) is 17.5 Å². The number of nitrogens with two attached hydrogens (primary N) is 1. The van der Waals surface area contributed by atoms with Crippen molar-refractivity contribution in [1.82, 2.24) is 31.5 Å². The van der Waals surface area contributed by atoms with Crippen LogP contribution in [0, 0.1) is 5.92 Å². The Balaban J connectivity index is 1.83. The van der Waals surface area contributed by atoms with Crippen molar-refractivity contribution in [1.29, 1.82) is 0 Å². The van der Waals surface area contributed by atoms with E-state index >= 15 is 0 Å². The first-order chi connectivity index (χ1) is 29.0. The van der Waals surface area contributed by atoms with E-state index in [1.54, 1.807) is 74.5 Å². The molecule has 1 heterocycles. The lowest BCUT2D eigenvalue weighted by molar-refractivity contribution is -0.141. The van der Waals surface area contributed by atoms with Crippen molar-refractivity contribution in [3.63, 3.8) is 0 Å². The smallest absolute Gasteiger partial charge is 0.397 e. The van der Waals surface area contributed by atoms with E-state index in [9.17, 15) is 55.5 Å². The van der Waals surface area contributed by atoms with Gasteiger partial charge in [-0.3, -0.25) is 37.9 Å². The quantitative estimate of drug-likeness (QED) is 0.0547. The number of aliphatic carboxylic acids is 1. The molecule has 2 aromatic carbocycles. The van der Waals surface area contributed by atoms with Crippen LogP contribution in [0.15, 0.2) is 60.7 Å². The van der Waals surface area contributed by atoms with Crippen LogP contribution in [0.2, 0.25) is 0 Å². The second-order valence-electron chi connectivity index (χ2n) is 14.6. The Labute approximate surface area is 357 Å². The van der Waals surface area contributed by atoms with E-state index < -0.39 is 118 Å². The average Bonchev–Trinajstić information content (AvgIpc) is 3.68. The molecule has 342 valence electrons.